The molecular formula is C18H19F2N5O3S2. The number of carbonyl (C=O) groups excluding carboxylic acids is 1. The van der Waals surface area contributed by atoms with E-state index in [1.165, 1.54) is 35.2 Å². The van der Waals surface area contributed by atoms with Crippen molar-refractivity contribution in [1.29, 1.82) is 0 Å². The van der Waals surface area contributed by atoms with Gasteiger partial charge in [0.05, 0.1) is 18.3 Å². The first kappa shape index (κ1) is 20.9. The fourth-order valence-electron chi connectivity index (χ4n) is 3.47. The van der Waals surface area contributed by atoms with E-state index in [1.807, 2.05) is 6.92 Å². The van der Waals surface area contributed by atoms with Gasteiger partial charge in [-0.1, -0.05) is 11.8 Å². The van der Waals surface area contributed by atoms with Crippen molar-refractivity contribution in [3.8, 4) is 5.88 Å². The largest absolute Gasteiger partial charge is 0.417 e. The summed E-state index contributed by atoms with van der Waals surface area (Å²) < 4.78 is 34.5. The number of nitrogens with one attached hydrogen (secondary N) is 1. The van der Waals surface area contributed by atoms with Crippen LogP contribution in [0.15, 0.2) is 28.7 Å². The quantitative estimate of drug-likeness (QED) is 0.713. The number of amidine groups is 1. The molecule has 1 fully saturated rings. The number of pyridine rings is 1. The number of nitrogens with zero attached hydrogens (tertiary/aromatic N) is 3. The van der Waals surface area contributed by atoms with Gasteiger partial charge in [0.1, 0.15) is 16.4 Å². The summed E-state index contributed by atoms with van der Waals surface area (Å²) in [6.07, 6.45) is 2.15. The van der Waals surface area contributed by atoms with Gasteiger partial charge in [0.25, 0.3) is 5.91 Å². The summed E-state index contributed by atoms with van der Waals surface area (Å²) in [7, 11) is 0. The number of halogens is 2. The Morgan fingerprint density at radius 2 is 2.30 bits per heavy atom. The standard InChI is InChI=1S/C18H19F2N5O3S2/c1-9-4-11-6-30-17(21)25-18(11,8-27-9)15-24-12(7-29-15)23-14(26)10-2-3-13(22-5-10)28-16(19)20/h2-3,5,7,9,11,16H,4,6,8H2,1H3,(H2,21,25)(H,23,26). The number of carbonyl (C=O) groups is 1. The van der Waals surface area contributed by atoms with Gasteiger partial charge in [-0.2, -0.15) is 8.78 Å². The molecule has 2 aromatic heterocycles. The lowest BCUT2D eigenvalue weighted by Crippen LogP contribution is -2.49. The summed E-state index contributed by atoms with van der Waals surface area (Å²) in [5.74, 6) is 0.710. The molecule has 3 N–H and O–H groups in total. The topological polar surface area (TPSA) is 112 Å². The lowest BCUT2D eigenvalue weighted by atomic mass is 9.80. The van der Waals surface area contributed by atoms with E-state index in [2.05, 4.69) is 20.0 Å². The normalized spacial score (nSPS) is 26.1. The zero-order valence-corrected chi connectivity index (χ0v) is 17.5. The smallest absolute Gasteiger partial charge is 0.388 e. The number of thioether (sulfide) groups is 1. The van der Waals surface area contributed by atoms with E-state index in [0.717, 1.165) is 23.4 Å². The van der Waals surface area contributed by atoms with E-state index in [9.17, 15) is 13.6 Å². The van der Waals surface area contributed by atoms with Crippen LogP contribution < -0.4 is 15.8 Å². The second-order valence-corrected chi connectivity index (χ2v) is 8.89. The van der Waals surface area contributed by atoms with Gasteiger partial charge in [-0.3, -0.25) is 4.79 Å². The molecule has 3 unspecified atom stereocenters. The van der Waals surface area contributed by atoms with E-state index < -0.39 is 18.1 Å². The lowest BCUT2D eigenvalue weighted by molar-refractivity contribution is -0.0528. The summed E-state index contributed by atoms with van der Waals surface area (Å²) >= 11 is 2.92. The molecule has 4 rings (SSSR count). The van der Waals surface area contributed by atoms with Gasteiger partial charge in [0.2, 0.25) is 5.88 Å². The molecule has 8 nitrogen and oxygen atoms in total. The van der Waals surface area contributed by atoms with Gasteiger partial charge in [-0.25, -0.2) is 15.0 Å². The van der Waals surface area contributed by atoms with Gasteiger partial charge in [0, 0.05) is 29.3 Å². The van der Waals surface area contributed by atoms with Crippen LogP contribution in [0.5, 0.6) is 5.88 Å². The van der Waals surface area contributed by atoms with Crippen molar-refractivity contribution in [2.45, 2.75) is 31.6 Å². The predicted molar refractivity (Wildman–Crippen MR) is 110 cm³/mol. The van der Waals surface area contributed by atoms with Gasteiger partial charge >= 0.3 is 6.61 Å². The molecule has 2 aliphatic rings. The van der Waals surface area contributed by atoms with Crippen molar-refractivity contribution in [3.63, 3.8) is 0 Å². The second kappa shape index (κ2) is 8.44. The summed E-state index contributed by atoms with van der Waals surface area (Å²) in [4.78, 5) is 25.4. The molecule has 2 aliphatic heterocycles. The number of hydrogen-bond donors (Lipinski definition) is 2. The molecule has 4 heterocycles. The average molecular weight is 456 g/mol. The van der Waals surface area contributed by atoms with Crippen molar-refractivity contribution in [2.75, 3.05) is 17.7 Å². The van der Waals surface area contributed by atoms with Crippen LogP contribution in [0.4, 0.5) is 14.6 Å². The summed E-state index contributed by atoms with van der Waals surface area (Å²) in [6, 6.07) is 2.55. The van der Waals surface area contributed by atoms with Crippen LogP contribution in [0, 0.1) is 5.92 Å². The van der Waals surface area contributed by atoms with Crippen LogP contribution >= 0.6 is 23.1 Å². The maximum atomic E-state index is 12.5. The number of hydrogen-bond acceptors (Lipinski definition) is 9. The van der Waals surface area contributed by atoms with E-state index in [0.29, 0.717) is 17.6 Å². The molecule has 30 heavy (non-hydrogen) atoms. The predicted octanol–water partition coefficient (Wildman–Crippen LogP) is 3.07. The fraction of sp³-hybridized carbons (Fsp3) is 0.444. The molecule has 3 atom stereocenters. The molecule has 2 aromatic rings. The Labute approximate surface area is 179 Å². The molecule has 0 radical (unpaired) electrons. The Morgan fingerprint density at radius 1 is 1.47 bits per heavy atom. The van der Waals surface area contributed by atoms with Gasteiger partial charge in [0.15, 0.2) is 5.17 Å². The van der Waals surface area contributed by atoms with Crippen molar-refractivity contribution in [1.82, 2.24) is 9.97 Å². The molecule has 0 aromatic carbocycles. The molecular weight excluding hydrogens is 436 g/mol. The molecule has 0 bridgehead atoms. The Bertz CT molecular complexity index is 956. The Hall–Kier alpha value is -2.31. The van der Waals surface area contributed by atoms with Gasteiger partial charge in [-0.15, -0.1) is 11.3 Å². The number of alkyl halides is 2. The monoisotopic (exact) mass is 455 g/mol. The third-order valence-electron chi connectivity index (χ3n) is 4.95. The highest BCUT2D eigenvalue weighted by atomic mass is 32.2. The molecule has 0 saturated carbocycles. The molecule has 1 saturated heterocycles. The first-order valence-corrected chi connectivity index (χ1v) is 11.0. The first-order chi connectivity index (χ1) is 14.4. The first-order valence-electron chi connectivity index (χ1n) is 9.13. The van der Waals surface area contributed by atoms with Crippen LogP contribution in [-0.4, -0.2) is 46.1 Å². The minimum absolute atomic E-state index is 0.141. The van der Waals surface area contributed by atoms with Crippen LogP contribution in [0.3, 0.4) is 0 Å². The van der Waals surface area contributed by atoms with Gasteiger partial charge < -0.3 is 20.5 Å². The zero-order chi connectivity index (χ0) is 21.3. The highest BCUT2D eigenvalue weighted by Crippen LogP contribution is 2.47. The van der Waals surface area contributed by atoms with E-state index in [-0.39, 0.29) is 23.5 Å². The fourth-order valence-corrected chi connectivity index (χ4v) is 5.45. The highest BCUT2D eigenvalue weighted by molar-refractivity contribution is 8.13. The summed E-state index contributed by atoms with van der Waals surface area (Å²) in [5.41, 5.74) is 5.55. The SMILES string of the molecule is CC1CC2CSC(N)=NC2(c2nc(NC(=O)c3ccc(OC(F)F)nc3)cs2)CO1. The van der Waals surface area contributed by atoms with Crippen molar-refractivity contribution >= 4 is 40.0 Å². The van der Waals surface area contributed by atoms with Gasteiger partial charge in [-0.05, 0) is 19.4 Å². The Balaban J connectivity index is 1.51. The second-order valence-electron chi connectivity index (χ2n) is 7.00. The number of thiazole rings is 1. The minimum atomic E-state index is -2.98. The molecule has 1 amide bonds. The number of amides is 1. The molecule has 0 aliphatic carbocycles. The van der Waals surface area contributed by atoms with E-state index in [1.54, 1.807) is 5.38 Å². The zero-order valence-electron chi connectivity index (χ0n) is 15.9. The van der Waals surface area contributed by atoms with Crippen molar-refractivity contribution in [3.05, 3.63) is 34.3 Å². The van der Waals surface area contributed by atoms with Crippen LogP contribution in [0.1, 0.15) is 28.7 Å². The maximum absolute atomic E-state index is 12.5. The number of aliphatic imine (C=N–C) groups is 1. The highest BCUT2D eigenvalue weighted by Gasteiger charge is 2.49. The lowest BCUT2D eigenvalue weighted by Gasteiger charge is -2.44. The molecule has 0 spiro atoms. The number of nitrogens with two attached hydrogens (primary N) is 1. The average Bonchev–Trinajstić information content (AvgIpc) is 3.17. The number of rotatable bonds is 5. The third kappa shape index (κ3) is 4.25. The number of fused-ring (bicyclic) bond motifs is 1. The summed E-state index contributed by atoms with van der Waals surface area (Å²) in [6.45, 7) is -0.554. The summed E-state index contributed by atoms with van der Waals surface area (Å²) in [5, 5.41) is 5.66. The van der Waals surface area contributed by atoms with Crippen molar-refractivity contribution in [2.24, 2.45) is 16.6 Å². The number of ether oxygens (including phenoxy) is 2. The van der Waals surface area contributed by atoms with Crippen LogP contribution in [0.25, 0.3) is 0 Å². The van der Waals surface area contributed by atoms with E-state index in [4.69, 9.17) is 15.5 Å². The number of anilines is 1. The Morgan fingerprint density at radius 3 is 3.03 bits per heavy atom. The minimum Gasteiger partial charge on any atom is -0.417 e. The van der Waals surface area contributed by atoms with E-state index >= 15 is 0 Å². The van der Waals surface area contributed by atoms with Crippen LogP contribution in [0.2, 0.25) is 0 Å². The van der Waals surface area contributed by atoms with Crippen LogP contribution in [-0.2, 0) is 10.3 Å². The number of aromatic nitrogens is 2. The molecule has 12 heteroatoms. The maximum Gasteiger partial charge on any atom is 0.388 e. The molecule has 160 valence electrons. The van der Waals surface area contributed by atoms with Crippen molar-refractivity contribution < 1.29 is 23.0 Å². The Kier molecular flexibility index (Phi) is 5.89. The third-order valence-corrected chi connectivity index (χ3v) is 6.91.